The zero-order valence-electron chi connectivity index (χ0n) is 17.1. The average molecular weight is 433 g/mol. The van der Waals surface area contributed by atoms with Gasteiger partial charge in [-0.3, -0.25) is 4.98 Å². The van der Waals surface area contributed by atoms with Gasteiger partial charge in [-0.25, -0.2) is 8.78 Å². The number of ether oxygens (including phenoxy) is 1. The molecule has 0 spiro atoms. The summed E-state index contributed by atoms with van der Waals surface area (Å²) in [4.78, 5) is 4.12. The van der Waals surface area contributed by atoms with Crippen LogP contribution in [-0.2, 0) is 0 Å². The highest BCUT2D eigenvalue weighted by atomic mass is 35.5. The Hall–Kier alpha value is -1.98. The van der Waals surface area contributed by atoms with Gasteiger partial charge in [0.05, 0.1) is 11.1 Å². The normalized spacial score (nSPS) is 28.0. The van der Waals surface area contributed by atoms with Gasteiger partial charge in [0, 0.05) is 36.3 Å². The Morgan fingerprint density at radius 2 is 2.03 bits per heavy atom. The van der Waals surface area contributed by atoms with Crippen molar-refractivity contribution in [3.8, 4) is 5.75 Å². The van der Waals surface area contributed by atoms with Crippen molar-refractivity contribution in [2.45, 2.75) is 57.6 Å². The summed E-state index contributed by atoms with van der Waals surface area (Å²) in [5, 5.41) is 2.54. The molecule has 0 saturated heterocycles. The van der Waals surface area contributed by atoms with Gasteiger partial charge in [0.1, 0.15) is 17.4 Å². The Morgan fingerprint density at radius 3 is 2.73 bits per heavy atom. The molecule has 0 bridgehead atoms. The molecule has 2 aromatic rings. The highest BCUT2D eigenvalue weighted by Crippen LogP contribution is 2.50. The van der Waals surface area contributed by atoms with E-state index in [0.717, 1.165) is 49.0 Å². The van der Waals surface area contributed by atoms with Crippen molar-refractivity contribution in [2.24, 2.45) is 17.1 Å². The van der Waals surface area contributed by atoms with E-state index in [1.165, 1.54) is 0 Å². The molecular formula is C24H27ClF2N2O. The average Bonchev–Trinajstić information content (AvgIpc) is 2.73. The molecule has 0 amide bonds. The van der Waals surface area contributed by atoms with Gasteiger partial charge < -0.3 is 10.5 Å². The van der Waals surface area contributed by atoms with Crippen LogP contribution < -0.4 is 10.5 Å². The van der Waals surface area contributed by atoms with Gasteiger partial charge >= 0.3 is 0 Å². The lowest BCUT2D eigenvalue weighted by molar-refractivity contribution is 0.0265. The predicted molar refractivity (Wildman–Crippen MR) is 117 cm³/mol. The largest absolute Gasteiger partial charge is 0.489 e. The Kier molecular flexibility index (Phi) is 6.12. The molecule has 4 rings (SSSR count). The van der Waals surface area contributed by atoms with E-state index in [1.807, 2.05) is 25.1 Å². The second kappa shape index (κ2) is 8.64. The number of allylic oxidation sites excluding steroid dienone is 4. The molecule has 0 aliphatic heterocycles. The van der Waals surface area contributed by atoms with Crippen LogP contribution in [0.25, 0.3) is 10.8 Å². The summed E-state index contributed by atoms with van der Waals surface area (Å²) >= 11 is 6.44. The van der Waals surface area contributed by atoms with E-state index in [4.69, 9.17) is 22.1 Å². The lowest BCUT2D eigenvalue weighted by Crippen LogP contribution is -2.50. The Morgan fingerprint density at radius 1 is 1.27 bits per heavy atom. The number of nitrogens with zero attached hydrogens (tertiary/aromatic N) is 1. The topological polar surface area (TPSA) is 48.1 Å². The van der Waals surface area contributed by atoms with Crippen LogP contribution >= 0.6 is 11.6 Å². The molecule has 30 heavy (non-hydrogen) atoms. The fourth-order valence-electron chi connectivity index (χ4n) is 5.11. The predicted octanol–water partition coefficient (Wildman–Crippen LogP) is 6.66. The molecule has 0 radical (unpaired) electrons. The van der Waals surface area contributed by atoms with Crippen LogP contribution in [0.5, 0.6) is 5.75 Å². The summed E-state index contributed by atoms with van der Waals surface area (Å²) in [6.45, 7) is 2.04. The Bertz CT molecular complexity index is 982. The number of benzene rings is 1. The van der Waals surface area contributed by atoms with E-state index in [0.29, 0.717) is 10.8 Å². The van der Waals surface area contributed by atoms with Crippen LogP contribution in [0.15, 0.2) is 54.4 Å². The van der Waals surface area contributed by atoms with Crippen LogP contribution in [-0.4, -0.2) is 17.1 Å². The molecule has 1 heterocycles. The third kappa shape index (κ3) is 4.10. The van der Waals surface area contributed by atoms with Gasteiger partial charge in [-0.2, -0.15) is 0 Å². The molecule has 6 heteroatoms. The first kappa shape index (κ1) is 21.3. The van der Waals surface area contributed by atoms with E-state index < -0.39 is 11.7 Å². The number of nitrogens with two attached hydrogens (primary N) is 1. The number of halogens is 3. The highest BCUT2D eigenvalue weighted by molar-refractivity contribution is 6.32. The molecule has 160 valence electrons. The molecule has 1 fully saturated rings. The van der Waals surface area contributed by atoms with Crippen LogP contribution in [0.2, 0.25) is 5.02 Å². The fraction of sp³-hybridized carbons (Fsp3) is 0.458. The summed E-state index contributed by atoms with van der Waals surface area (Å²) < 4.78 is 34.2. The third-order valence-corrected chi connectivity index (χ3v) is 7.13. The number of aromatic nitrogens is 1. The summed E-state index contributed by atoms with van der Waals surface area (Å²) in [7, 11) is 0. The van der Waals surface area contributed by atoms with Crippen LogP contribution in [0.3, 0.4) is 0 Å². The molecule has 1 saturated carbocycles. The smallest absolute Gasteiger partial charge is 0.138 e. The lowest BCUT2D eigenvalue weighted by atomic mass is 9.59. The van der Waals surface area contributed by atoms with Crippen molar-refractivity contribution in [1.82, 2.24) is 4.98 Å². The lowest BCUT2D eigenvalue weighted by Gasteiger charge is -2.48. The maximum absolute atomic E-state index is 14.0. The summed E-state index contributed by atoms with van der Waals surface area (Å²) in [6, 6.07) is 5.62. The molecule has 2 unspecified atom stereocenters. The fourth-order valence-corrected chi connectivity index (χ4v) is 5.33. The Balaban J connectivity index is 1.51. The van der Waals surface area contributed by atoms with Gasteiger partial charge in [0.2, 0.25) is 0 Å². The minimum Gasteiger partial charge on any atom is -0.489 e. The molecule has 2 aliphatic carbocycles. The molecule has 1 aromatic carbocycles. The first-order valence-corrected chi connectivity index (χ1v) is 11.0. The number of hydrogen-bond acceptors (Lipinski definition) is 3. The van der Waals surface area contributed by atoms with Crippen molar-refractivity contribution in [1.29, 1.82) is 0 Å². The van der Waals surface area contributed by atoms with Crippen LogP contribution in [0.4, 0.5) is 8.78 Å². The molecule has 2 N–H and O–H groups in total. The van der Waals surface area contributed by atoms with Gasteiger partial charge in [-0.05, 0) is 73.1 Å². The minimum atomic E-state index is -0.498. The number of pyridine rings is 1. The Labute approximate surface area is 181 Å². The maximum Gasteiger partial charge on any atom is 0.138 e. The molecule has 1 aromatic heterocycles. The number of fused-ring (bicyclic) bond motifs is 1. The standard InChI is InChI=1S/C24H27ClF2N2O/c1-2-23(28)24(17-11-18(26)13-19(27)12-17)6-3-20(4-7-24)30-22-10-15-5-8-29-14-16(15)9-21(22)25/h5,8-11,13-14,17,20,23H,2-4,6-7,12,28H2,1H3. The van der Waals surface area contributed by atoms with E-state index >= 15 is 0 Å². The van der Waals surface area contributed by atoms with Crippen molar-refractivity contribution < 1.29 is 13.5 Å². The SMILES string of the molecule is CCC(N)C1(C2C=C(F)C=C(F)C2)CCC(Oc2cc3ccncc3cc2Cl)CC1. The van der Waals surface area contributed by atoms with Crippen molar-refractivity contribution in [2.75, 3.05) is 0 Å². The van der Waals surface area contributed by atoms with E-state index in [-0.39, 0.29) is 29.9 Å². The van der Waals surface area contributed by atoms with Crippen molar-refractivity contribution in [3.05, 3.63) is 59.4 Å². The zero-order valence-corrected chi connectivity index (χ0v) is 17.8. The molecule has 2 atom stereocenters. The molecule has 2 aliphatic rings. The highest BCUT2D eigenvalue weighted by Gasteiger charge is 2.46. The van der Waals surface area contributed by atoms with E-state index in [9.17, 15) is 8.78 Å². The second-order valence-corrected chi connectivity index (χ2v) is 8.93. The van der Waals surface area contributed by atoms with Gasteiger partial charge in [-0.15, -0.1) is 0 Å². The summed E-state index contributed by atoms with van der Waals surface area (Å²) in [6.07, 6.45) is 10.1. The molecule has 3 nitrogen and oxygen atoms in total. The number of hydrogen-bond donors (Lipinski definition) is 1. The van der Waals surface area contributed by atoms with E-state index in [1.54, 1.807) is 18.5 Å². The van der Waals surface area contributed by atoms with Crippen molar-refractivity contribution >= 4 is 22.4 Å². The maximum atomic E-state index is 14.0. The summed E-state index contributed by atoms with van der Waals surface area (Å²) in [5.74, 6) is -0.471. The first-order valence-electron chi connectivity index (χ1n) is 10.6. The minimum absolute atomic E-state index is 0.00299. The van der Waals surface area contributed by atoms with Crippen LogP contribution in [0, 0.1) is 11.3 Å². The monoisotopic (exact) mass is 432 g/mol. The first-order chi connectivity index (χ1) is 14.4. The van der Waals surface area contributed by atoms with Gasteiger partial charge in [0.25, 0.3) is 0 Å². The van der Waals surface area contributed by atoms with Gasteiger partial charge in [-0.1, -0.05) is 18.5 Å². The molecular weight excluding hydrogens is 406 g/mol. The second-order valence-electron chi connectivity index (χ2n) is 8.52. The number of rotatable bonds is 5. The zero-order chi connectivity index (χ0) is 21.3. The quantitative estimate of drug-likeness (QED) is 0.574. The van der Waals surface area contributed by atoms with Crippen molar-refractivity contribution in [3.63, 3.8) is 0 Å². The third-order valence-electron chi connectivity index (χ3n) is 6.84. The van der Waals surface area contributed by atoms with Crippen LogP contribution in [0.1, 0.15) is 45.4 Å². The summed E-state index contributed by atoms with van der Waals surface area (Å²) in [5.41, 5.74) is 6.20. The van der Waals surface area contributed by atoms with E-state index in [2.05, 4.69) is 4.98 Å². The van der Waals surface area contributed by atoms with Gasteiger partial charge in [0.15, 0.2) is 0 Å².